The molecule has 1 aromatic heterocycles. The van der Waals surface area contributed by atoms with Crippen LogP contribution in [0.15, 0.2) is 36.4 Å². The van der Waals surface area contributed by atoms with Crippen LogP contribution in [0.5, 0.6) is 17.5 Å². The van der Waals surface area contributed by atoms with Gasteiger partial charge in [-0.15, -0.1) is 0 Å². The summed E-state index contributed by atoms with van der Waals surface area (Å²) in [6, 6.07) is 11.0. The Bertz CT molecular complexity index is 514. The number of halogens is 1. The second kappa shape index (κ2) is 5.22. The molecule has 2 aromatic rings. The van der Waals surface area contributed by atoms with Crippen molar-refractivity contribution in [2.45, 2.75) is 0 Å². The van der Waals surface area contributed by atoms with Crippen LogP contribution in [-0.2, 0) is 0 Å². The molecule has 1 aromatic carbocycles. The first kappa shape index (κ1) is 12.0. The summed E-state index contributed by atoms with van der Waals surface area (Å²) in [6.07, 6.45) is 0. The molecule has 0 atom stereocenters. The molecule has 0 saturated carbocycles. The van der Waals surface area contributed by atoms with Gasteiger partial charge in [-0.3, -0.25) is 0 Å². The van der Waals surface area contributed by atoms with E-state index in [1.165, 1.54) is 0 Å². The number of nitrogens with two attached hydrogens (primary N) is 1. The van der Waals surface area contributed by atoms with Crippen molar-refractivity contribution in [1.29, 1.82) is 0 Å². The Morgan fingerprint density at radius 3 is 2.47 bits per heavy atom. The third-order valence-electron chi connectivity index (χ3n) is 2.10. The first-order valence-corrected chi connectivity index (χ1v) is 6.01. The van der Waals surface area contributed by atoms with Crippen molar-refractivity contribution < 1.29 is 9.47 Å². The molecule has 2 N–H and O–H groups in total. The first-order chi connectivity index (χ1) is 8.19. The third-order valence-corrected chi connectivity index (χ3v) is 2.82. The van der Waals surface area contributed by atoms with Gasteiger partial charge in [0.1, 0.15) is 5.75 Å². The molecule has 4 nitrogen and oxygen atoms in total. The fraction of sp³-hybridized carbons (Fsp3) is 0.0833. The molecule has 0 aliphatic carbocycles. The smallest absolute Gasteiger partial charge is 0.246 e. The molecular formula is C12H11IN2O2. The molecule has 2 rings (SSSR count). The van der Waals surface area contributed by atoms with Crippen LogP contribution >= 0.6 is 22.6 Å². The van der Waals surface area contributed by atoms with E-state index in [1.54, 1.807) is 19.2 Å². The number of benzene rings is 1. The van der Waals surface area contributed by atoms with Gasteiger partial charge in [0.05, 0.1) is 12.8 Å². The summed E-state index contributed by atoms with van der Waals surface area (Å²) in [4.78, 5) is 4.14. The van der Waals surface area contributed by atoms with Gasteiger partial charge in [0.25, 0.3) is 0 Å². The molecule has 88 valence electrons. The van der Waals surface area contributed by atoms with Crippen LogP contribution in [0.1, 0.15) is 0 Å². The van der Waals surface area contributed by atoms with Crippen molar-refractivity contribution in [3.8, 4) is 17.5 Å². The Morgan fingerprint density at radius 2 is 1.82 bits per heavy atom. The Kier molecular flexibility index (Phi) is 3.68. The molecule has 0 spiro atoms. The number of hydrogen-bond acceptors (Lipinski definition) is 4. The molecule has 0 fully saturated rings. The van der Waals surface area contributed by atoms with Gasteiger partial charge in [-0.1, -0.05) is 0 Å². The number of anilines is 1. The number of methoxy groups -OCH3 is 1. The number of nitrogens with zero attached hydrogens (tertiary/aromatic N) is 1. The normalized spacial score (nSPS) is 10.0. The molecule has 0 unspecified atom stereocenters. The Labute approximate surface area is 113 Å². The minimum atomic E-state index is 0.352. The lowest BCUT2D eigenvalue weighted by atomic mass is 10.3. The Balaban J connectivity index is 2.25. The summed E-state index contributed by atoms with van der Waals surface area (Å²) >= 11 is 2.23. The molecule has 0 saturated heterocycles. The summed E-state index contributed by atoms with van der Waals surface area (Å²) < 4.78 is 11.7. The zero-order valence-electron chi connectivity index (χ0n) is 9.18. The molecule has 0 amide bonds. The second-order valence-electron chi connectivity index (χ2n) is 3.30. The van der Waals surface area contributed by atoms with E-state index in [0.29, 0.717) is 23.2 Å². The quantitative estimate of drug-likeness (QED) is 0.871. The van der Waals surface area contributed by atoms with Gasteiger partial charge in [0, 0.05) is 9.64 Å². The maximum absolute atomic E-state index is 5.78. The number of pyridine rings is 1. The third kappa shape index (κ3) is 3.00. The topological polar surface area (TPSA) is 57.4 Å². The van der Waals surface area contributed by atoms with Gasteiger partial charge < -0.3 is 15.2 Å². The standard InChI is InChI=1S/C12H11IN2O2/c1-16-11-7-6-10(14)12(15-11)17-9-4-2-8(13)3-5-9/h2-7H,14H2,1H3. The lowest BCUT2D eigenvalue weighted by Gasteiger charge is -2.08. The van der Waals surface area contributed by atoms with Gasteiger partial charge in [0.15, 0.2) is 0 Å². The van der Waals surface area contributed by atoms with Crippen LogP contribution in [0.3, 0.4) is 0 Å². The maximum atomic E-state index is 5.78. The minimum Gasteiger partial charge on any atom is -0.481 e. The molecular weight excluding hydrogens is 331 g/mol. The number of nitrogen functional groups attached to an aromatic ring is 1. The highest BCUT2D eigenvalue weighted by molar-refractivity contribution is 14.1. The predicted molar refractivity (Wildman–Crippen MR) is 74.4 cm³/mol. The van der Waals surface area contributed by atoms with Crippen molar-refractivity contribution in [3.63, 3.8) is 0 Å². The van der Waals surface area contributed by atoms with Gasteiger partial charge in [-0.2, -0.15) is 4.98 Å². The first-order valence-electron chi connectivity index (χ1n) is 4.93. The Morgan fingerprint density at radius 1 is 1.12 bits per heavy atom. The lowest BCUT2D eigenvalue weighted by molar-refractivity contribution is 0.384. The lowest BCUT2D eigenvalue weighted by Crippen LogP contribution is -1.97. The fourth-order valence-corrected chi connectivity index (χ4v) is 1.60. The van der Waals surface area contributed by atoms with Crippen molar-refractivity contribution in [3.05, 3.63) is 40.0 Å². The highest BCUT2D eigenvalue weighted by atomic mass is 127. The van der Waals surface area contributed by atoms with Crippen molar-refractivity contribution in [1.82, 2.24) is 4.98 Å². The summed E-state index contributed by atoms with van der Waals surface area (Å²) in [7, 11) is 1.55. The molecule has 5 heteroatoms. The minimum absolute atomic E-state index is 0.352. The molecule has 0 radical (unpaired) electrons. The second-order valence-corrected chi connectivity index (χ2v) is 4.55. The SMILES string of the molecule is COc1ccc(N)c(Oc2ccc(I)cc2)n1. The molecule has 1 heterocycles. The van der Waals surface area contributed by atoms with Gasteiger partial charge in [-0.05, 0) is 52.9 Å². The monoisotopic (exact) mass is 342 g/mol. The van der Waals surface area contributed by atoms with E-state index in [1.807, 2.05) is 24.3 Å². The van der Waals surface area contributed by atoms with Crippen LogP contribution in [-0.4, -0.2) is 12.1 Å². The van der Waals surface area contributed by atoms with Crippen LogP contribution in [0, 0.1) is 3.57 Å². The Hall–Kier alpha value is -1.50. The molecule has 17 heavy (non-hydrogen) atoms. The van der Waals surface area contributed by atoms with E-state index in [0.717, 1.165) is 3.57 Å². The van der Waals surface area contributed by atoms with E-state index in [2.05, 4.69) is 27.6 Å². The van der Waals surface area contributed by atoms with E-state index in [9.17, 15) is 0 Å². The van der Waals surface area contributed by atoms with Crippen LogP contribution in [0.25, 0.3) is 0 Å². The summed E-state index contributed by atoms with van der Waals surface area (Å²) in [5.41, 5.74) is 6.25. The zero-order valence-corrected chi connectivity index (χ0v) is 11.3. The number of aromatic nitrogens is 1. The number of rotatable bonds is 3. The molecule has 0 bridgehead atoms. The van der Waals surface area contributed by atoms with Gasteiger partial charge in [-0.25, -0.2) is 0 Å². The van der Waals surface area contributed by atoms with E-state index >= 15 is 0 Å². The fourth-order valence-electron chi connectivity index (χ4n) is 1.24. The van der Waals surface area contributed by atoms with E-state index in [-0.39, 0.29) is 0 Å². The molecule has 0 aliphatic rings. The van der Waals surface area contributed by atoms with Crippen molar-refractivity contribution in [2.75, 3.05) is 12.8 Å². The van der Waals surface area contributed by atoms with Crippen molar-refractivity contribution in [2.24, 2.45) is 0 Å². The molecule has 0 aliphatic heterocycles. The largest absolute Gasteiger partial charge is 0.481 e. The zero-order chi connectivity index (χ0) is 12.3. The summed E-state index contributed by atoms with van der Waals surface area (Å²) in [5.74, 6) is 1.52. The predicted octanol–water partition coefficient (Wildman–Crippen LogP) is 3.07. The summed E-state index contributed by atoms with van der Waals surface area (Å²) in [6.45, 7) is 0. The highest BCUT2D eigenvalue weighted by Crippen LogP contribution is 2.27. The summed E-state index contributed by atoms with van der Waals surface area (Å²) in [5, 5.41) is 0. The number of ether oxygens (including phenoxy) is 2. The van der Waals surface area contributed by atoms with Gasteiger partial charge >= 0.3 is 0 Å². The highest BCUT2D eigenvalue weighted by Gasteiger charge is 2.06. The van der Waals surface area contributed by atoms with Gasteiger partial charge in [0.2, 0.25) is 11.8 Å². The average Bonchev–Trinajstić information content (AvgIpc) is 2.35. The maximum Gasteiger partial charge on any atom is 0.246 e. The van der Waals surface area contributed by atoms with Crippen LogP contribution in [0.2, 0.25) is 0 Å². The van der Waals surface area contributed by atoms with Crippen molar-refractivity contribution >= 4 is 28.3 Å². The van der Waals surface area contributed by atoms with E-state index < -0.39 is 0 Å². The van der Waals surface area contributed by atoms with Crippen LogP contribution < -0.4 is 15.2 Å². The average molecular weight is 342 g/mol. The number of hydrogen-bond donors (Lipinski definition) is 1. The van der Waals surface area contributed by atoms with Crippen LogP contribution in [0.4, 0.5) is 5.69 Å². The van der Waals surface area contributed by atoms with E-state index in [4.69, 9.17) is 15.2 Å².